The fourth-order valence-electron chi connectivity index (χ4n) is 1.73. The van der Waals surface area contributed by atoms with Gasteiger partial charge in [0.05, 0.1) is 7.11 Å². The van der Waals surface area contributed by atoms with Gasteiger partial charge in [-0.3, -0.25) is 4.21 Å². The maximum Gasteiger partial charge on any atom is 0.168 e. The van der Waals surface area contributed by atoms with Gasteiger partial charge >= 0.3 is 0 Å². The minimum Gasteiger partial charge on any atom is -0.493 e. The van der Waals surface area contributed by atoms with E-state index >= 15 is 0 Å². The first kappa shape index (κ1) is 19.4. The van der Waals surface area contributed by atoms with Crippen LogP contribution < -0.4 is 4.74 Å². The molecule has 0 saturated heterocycles. The van der Waals surface area contributed by atoms with Crippen molar-refractivity contribution in [2.45, 2.75) is 38.4 Å². The van der Waals surface area contributed by atoms with Gasteiger partial charge in [0.2, 0.25) is 0 Å². The van der Waals surface area contributed by atoms with E-state index in [1.54, 1.807) is 6.92 Å². The smallest absolute Gasteiger partial charge is 0.168 e. The first-order valence-electron chi connectivity index (χ1n) is 6.08. The number of hydrogen-bond donors (Lipinski definition) is 0. The summed E-state index contributed by atoms with van der Waals surface area (Å²) in [4.78, 5) is 0. The Morgan fingerprint density at radius 1 is 1.30 bits per heavy atom. The number of benzene rings is 1. The van der Waals surface area contributed by atoms with E-state index in [2.05, 4.69) is 0 Å². The monoisotopic (exact) mass is 324 g/mol. The molecule has 0 saturated carbocycles. The highest BCUT2D eigenvalue weighted by molar-refractivity contribution is 7.86. The summed E-state index contributed by atoms with van der Waals surface area (Å²) in [6, 6.07) is 2.03. The quantitative estimate of drug-likeness (QED) is 0.843. The number of ether oxygens (including phenoxy) is 1. The van der Waals surface area contributed by atoms with Crippen LogP contribution in [0.2, 0.25) is 0 Å². The number of halogens is 2. The highest BCUT2D eigenvalue weighted by Gasteiger charge is 2.24. The van der Waals surface area contributed by atoms with Crippen molar-refractivity contribution in [2.75, 3.05) is 12.9 Å². The van der Waals surface area contributed by atoms with Crippen LogP contribution in [0.25, 0.3) is 0 Å². The van der Waals surface area contributed by atoms with Crippen molar-refractivity contribution in [3.63, 3.8) is 0 Å². The molecule has 0 bridgehead atoms. The molecule has 2 atom stereocenters. The summed E-state index contributed by atoms with van der Waals surface area (Å²) < 4.78 is 43.6. The molecule has 116 valence electrons. The molecular formula is C14H22F2O2S2. The SMILES string of the molecule is COc1c(F)cc(F)cc1[C@H](C)C[S@@](=O)C(C)(C)C.S. The molecule has 20 heavy (non-hydrogen) atoms. The van der Waals surface area contributed by atoms with Crippen LogP contribution in [0.5, 0.6) is 5.75 Å². The summed E-state index contributed by atoms with van der Waals surface area (Å²) in [6.45, 7) is 7.41. The van der Waals surface area contributed by atoms with Crippen LogP contribution in [0.3, 0.4) is 0 Å². The highest BCUT2D eigenvalue weighted by atomic mass is 32.2. The Morgan fingerprint density at radius 2 is 1.85 bits per heavy atom. The molecular weight excluding hydrogens is 302 g/mol. The fourth-order valence-corrected chi connectivity index (χ4v) is 2.86. The lowest BCUT2D eigenvalue weighted by molar-refractivity contribution is 0.376. The summed E-state index contributed by atoms with van der Waals surface area (Å²) >= 11 is 0. The summed E-state index contributed by atoms with van der Waals surface area (Å²) in [5, 5.41) is 0. The highest BCUT2D eigenvalue weighted by Crippen LogP contribution is 2.32. The maximum absolute atomic E-state index is 13.6. The van der Waals surface area contributed by atoms with E-state index in [9.17, 15) is 13.0 Å². The molecule has 0 N–H and O–H groups in total. The largest absolute Gasteiger partial charge is 0.493 e. The first-order chi connectivity index (χ1) is 8.66. The Bertz CT molecular complexity index is 485. The van der Waals surface area contributed by atoms with E-state index in [0.29, 0.717) is 11.3 Å². The molecule has 0 aromatic heterocycles. The second kappa shape index (κ2) is 7.41. The van der Waals surface area contributed by atoms with Crippen LogP contribution in [-0.2, 0) is 10.8 Å². The Balaban J connectivity index is 0.00000361. The molecule has 6 heteroatoms. The van der Waals surface area contributed by atoms with Crippen LogP contribution in [0.1, 0.15) is 39.2 Å². The third-order valence-corrected chi connectivity index (χ3v) is 5.03. The molecule has 2 nitrogen and oxygen atoms in total. The Kier molecular flexibility index (Phi) is 7.18. The molecule has 0 heterocycles. The molecule has 0 spiro atoms. The van der Waals surface area contributed by atoms with Gasteiger partial charge in [-0.1, -0.05) is 6.92 Å². The summed E-state index contributed by atoms with van der Waals surface area (Å²) in [6.07, 6.45) is 0. The zero-order valence-electron chi connectivity index (χ0n) is 12.4. The van der Waals surface area contributed by atoms with Crippen LogP contribution in [-0.4, -0.2) is 21.8 Å². The van der Waals surface area contributed by atoms with Gasteiger partial charge in [0.15, 0.2) is 11.6 Å². The van der Waals surface area contributed by atoms with Crippen LogP contribution >= 0.6 is 13.5 Å². The molecule has 0 fully saturated rings. The van der Waals surface area contributed by atoms with E-state index in [-0.39, 0.29) is 29.9 Å². The van der Waals surface area contributed by atoms with Crippen molar-refractivity contribution >= 4 is 24.3 Å². The minimum atomic E-state index is -1.09. The second-order valence-electron chi connectivity index (χ2n) is 5.54. The van der Waals surface area contributed by atoms with E-state index in [0.717, 1.165) is 6.07 Å². The van der Waals surface area contributed by atoms with Gasteiger partial charge in [0.1, 0.15) is 5.82 Å². The molecule has 0 aliphatic heterocycles. The van der Waals surface area contributed by atoms with Crippen LogP contribution in [0.4, 0.5) is 8.78 Å². The van der Waals surface area contributed by atoms with Gasteiger partial charge in [-0.05, 0) is 32.8 Å². The van der Waals surface area contributed by atoms with Crippen molar-refractivity contribution in [1.29, 1.82) is 0 Å². The number of methoxy groups -OCH3 is 1. The van der Waals surface area contributed by atoms with Gasteiger partial charge in [0, 0.05) is 32.9 Å². The average molecular weight is 324 g/mol. The molecule has 0 radical (unpaired) electrons. The zero-order chi connectivity index (χ0) is 14.8. The zero-order valence-corrected chi connectivity index (χ0v) is 14.2. The Labute approximate surface area is 128 Å². The topological polar surface area (TPSA) is 26.3 Å². The molecule has 1 aromatic carbocycles. The summed E-state index contributed by atoms with van der Waals surface area (Å²) in [5.74, 6) is -1.27. The third-order valence-electron chi connectivity index (χ3n) is 2.86. The Hall–Kier alpha value is -0.620. The van der Waals surface area contributed by atoms with Gasteiger partial charge in [-0.25, -0.2) is 8.78 Å². The third kappa shape index (κ3) is 4.74. The van der Waals surface area contributed by atoms with E-state index < -0.39 is 22.4 Å². The van der Waals surface area contributed by atoms with Gasteiger partial charge in [-0.2, -0.15) is 13.5 Å². The van der Waals surface area contributed by atoms with Crippen molar-refractivity contribution in [2.24, 2.45) is 0 Å². The fraction of sp³-hybridized carbons (Fsp3) is 0.571. The van der Waals surface area contributed by atoms with Crippen LogP contribution in [0, 0.1) is 11.6 Å². The van der Waals surface area contributed by atoms with Crippen molar-refractivity contribution in [3.05, 3.63) is 29.3 Å². The molecule has 0 unspecified atom stereocenters. The van der Waals surface area contributed by atoms with Gasteiger partial charge in [-0.15, -0.1) is 0 Å². The second-order valence-corrected chi connectivity index (χ2v) is 7.78. The van der Waals surface area contributed by atoms with Gasteiger partial charge in [0.25, 0.3) is 0 Å². The predicted molar refractivity (Wildman–Crippen MR) is 84.5 cm³/mol. The lowest BCUT2D eigenvalue weighted by Gasteiger charge is -2.22. The summed E-state index contributed by atoms with van der Waals surface area (Å²) in [5.41, 5.74) is 0.414. The van der Waals surface area contributed by atoms with E-state index in [4.69, 9.17) is 4.74 Å². The normalized spacial score (nSPS) is 14.3. The lowest BCUT2D eigenvalue weighted by Crippen LogP contribution is -2.26. The standard InChI is InChI=1S/C14H20F2O2S.H2S/c1-9(8-19(17)14(2,3)4)11-6-10(15)7-12(16)13(11)18-5;/h6-7,9H,8H2,1-5H3;1H2/t9-,19-;/m1./s1. The van der Waals surface area contributed by atoms with Crippen molar-refractivity contribution in [1.82, 2.24) is 0 Å². The molecule has 1 rings (SSSR count). The minimum absolute atomic E-state index is 0. The molecule has 1 aromatic rings. The van der Waals surface area contributed by atoms with Crippen molar-refractivity contribution in [3.8, 4) is 5.75 Å². The van der Waals surface area contributed by atoms with E-state index in [1.807, 2.05) is 20.8 Å². The first-order valence-corrected chi connectivity index (χ1v) is 7.40. The molecule has 0 aliphatic carbocycles. The molecule has 0 amide bonds. The number of hydrogen-bond acceptors (Lipinski definition) is 2. The number of rotatable bonds is 4. The lowest BCUT2D eigenvalue weighted by atomic mass is 10.0. The average Bonchev–Trinajstić information content (AvgIpc) is 2.26. The predicted octanol–water partition coefficient (Wildman–Crippen LogP) is 3.74. The molecule has 0 aliphatic rings. The van der Waals surface area contributed by atoms with Crippen LogP contribution in [0.15, 0.2) is 12.1 Å². The maximum atomic E-state index is 13.6. The summed E-state index contributed by atoms with van der Waals surface area (Å²) in [7, 11) is 0.249. The Morgan fingerprint density at radius 3 is 2.30 bits per heavy atom. The van der Waals surface area contributed by atoms with E-state index in [1.165, 1.54) is 13.2 Å². The van der Waals surface area contributed by atoms with Gasteiger partial charge < -0.3 is 4.74 Å². The van der Waals surface area contributed by atoms with Crippen molar-refractivity contribution < 1.29 is 17.7 Å².